The Hall–Kier alpha value is -1.18. The van der Waals surface area contributed by atoms with Gasteiger partial charge in [-0.1, -0.05) is 0 Å². The Kier molecular flexibility index (Phi) is 0.545. The summed E-state index contributed by atoms with van der Waals surface area (Å²) in [6.07, 6.45) is 3.53. The number of hydrogen-bond donors (Lipinski definition) is 0. The third-order valence-corrected chi connectivity index (χ3v) is 1.14. The van der Waals surface area contributed by atoms with E-state index < -0.39 is 0 Å². The first-order valence-corrected chi connectivity index (χ1v) is 2.46. The molecule has 0 atom stereocenters. The van der Waals surface area contributed by atoms with Gasteiger partial charge in [-0.05, 0) is 12.1 Å². The van der Waals surface area contributed by atoms with Crippen LogP contribution in [0, 0.1) is 0 Å². The topological polar surface area (TPSA) is 25.2 Å². The van der Waals surface area contributed by atoms with E-state index in [1.807, 2.05) is 12.1 Å². The summed E-state index contributed by atoms with van der Waals surface area (Å²) in [5.41, 5.74) is 0. The molecule has 0 spiro atoms. The van der Waals surface area contributed by atoms with Gasteiger partial charge in [0.1, 0.15) is 5.35 Å². The van der Waals surface area contributed by atoms with Crippen molar-refractivity contribution in [3.63, 3.8) is 0 Å². The lowest BCUT2D eigenvalue weighted by molar-refractivity contribution is 1.11. The summed E-state index contributed by atoms with van der Waals surface area (Å²) in [6.45, 7) is 0. The van der Waals surface area contributed by atoms with Crippen LogP contribution in [0.2, 0.25) is 0 Å². The van der Waals surface area contributed by atoms with E-state index in [-0.39, 0.29) is 0 Å². The number of fused-ring (bicyclic) bond motifs is 1. The van der Waals surface area contributed by atoms with Crippen LogP contribution in [0.5, 0.6) is 0 Å². The highest BCUT2D eigenvalue weighted by atomic mass is 14.8. The second-order valence-electron chi connectivity index (χ2n) is 1.67. The first kappa shape index (κ1) is 3.78. The van der Waals surface area contributed by atoms with Gasteiger partial charge in [-0.2, -0.15) is 0 Å². The molecular formula is C6H4N2. The minimum absolute atomic E-state index is 1.01. The highest BCUT2D eigenvalue weighted by molar-refractivity contribution is 5.24. The zero-order valence-corrected chi connectivity index (χ0v) is 4.20. The second kappa shape index (κ2) is 1.15. The van der Waals surface area contributed by atoms with Crippen molar-refractivity contribution in [3.05, 3.63) is 29.0 Å². The molecular weight excluding hydrogens is 100 g/mol. The standard InChI is InChI=1S/C6H4N2/c1-2-5-6(4-8-5)7-3-1/h1-4H. The maximum atomic E-state index is 4.02. The Morgan fingerprint density at radius 3 is 2.75 bits per heavy atom. The van der Waals surface area contributed by atoms with Crippen molar-refractivity contribution in [3.8, 4) is 0 Å². The van der Waals surface area contributed by atoms with Crippen molar-refractivity contribution in [2.24, 2.45) is 4.99 Å². The van der Waals surface area contributed by atoms with Crippen molar-refractivity contribution >= 4 is 6.20 Å². The summed E-state index contributed by atoms with van der Waals surface area (Å²) in [7, 11) is 0. The Balaban J connectivity index is 3.01. The lowest BCUT2D eigenvalue weighted by Gasteiger charge is -1.91. The van der Waals surface area contributed by atoms with E-state index in [9.17, 15) is 0 Å². The maximum Gasteiger partial charge on any atom is 0.107 e. The number of rotatable bonds is 0. The molecule has 1 aromatic rings. The van der Waals surface area contributed by atoms with Crippen LogP contribution in [0.25, 0.3) is 6.20 Å². The van der Waals surface area contributed by atoms with Crippen molar-refractivity contribution < 1.29 is 0 Å². The SMILES string of the molecule is C1=c2ncccc2=N1. The molecule has 0 radical (unpaired) electrons. The average molecular weight is 104 g/mol. The third kappa shape index (κ3) is 0.320. The number of nitrogens with zero attached hydrogens (tertiary/aromatic N) is 2. The van der Waals surface area contributed by atoms with Crippen LogP contribution < -0.4 is 10.7 Å². The first-order chi connectivity index (χ1) is 3.97. The van der Waals surface area contributed by atoms with Gasteiger partial charge in [-0.3, -0.25) is 9.98 Å². The number of hydrogen-bond acceptors (Lipinski definition) is 2. The molecule has 2 heterocycles. The van der Waals surface area contributed by atoms with E-state index in [2.05, 4.69) is 9.98 Å². The van der Waals surface area contributed by atoms with Crippen molar-refractivity contribution in [1.29, 1.82) is 0 Å². The zero-order chi connectivity index (χ0) is 5.40. The molecule has 0 unspecified atom stereocenters. The molecule has 0 bridgehead atoms. The molecule has 2 nitrogen and oxygen atoms in total. The van der Waals surface area contributed by atoms with E-state index >= 15 is 0 Å². The smallest absolute Gasteiger partial charge is 0.107 e. The van der Waals surface area contributed by atoms with Gasteiger partial charge in [0.05, 0.1) is 11.6 Å². The molecule has 0 N–H and O–H groups in total. The Labute approximate surface area is 46.2 Å². The van der Waals surface area contributed by atoms with Gasteiger partial charge in [0.15, 0.2) is 0 Å². The summed E-state index contributed by atoms with van der Waals surface area (Å²) < 4.78 is 0. The Morgan fingerprint density at radius 2 is 2.38 bits per heavy atom. The molecule has 0 aliphatic carbocycles. The van der Waals surface area contributed by atoms with Crippen LogP contribution in [0.4, 0.5) is 0 Å². The van der Waals surface area contributed by atoms with Crippen LogP contribution in [-0.2, 0) is 0 Å². The van der Waals surface area contributed by atoms with Crippen molar-refractivity contribution in [2.45, 2.75) is 0 Å². The molecule has 1 aliphatic heterocycles. The van der Waals surface area contributed by atoms with E-state index in [4.69, 9.17) is 0 Å². The first-order valence-electron chi connectivity index (χ1n) is 2.46. The van der Waals surface area contributed by atoms with Crippen LogP contribution in [0.3, 0.4) is 0 Å². The van der Waals surface area contributed by atoms with Crippen LogP contribution >= 0.6 is 0 Å². The molecule has 1 aromatic heterocycles. The molecule has 8 heavy (non-hydrogen) atoms. The normalized spacial score (nSPS) is 12.5. The third-order valence-electron chi connectivity index (χ3n) is 1.14. The van der Waals surface area contributed by atoms with E-state index in [0.29, 0.717) is 0 Å². The van der Waals surface area contributed by atoms with E-state index in [1.54, 1.807) is 12.4 Å². The molecule has 2 rings (SSSR count). The fourth-order valence-electron chi connectivity index (χ4n) is 0.682. The molecule has 0 saturated carbocycles. The molecule has 38 valence electrons. The molecule has 0 aromatic carbocycles. The highest BCUT2D eigenvalue weighted by Gasteiger charge is 1.90. The van der Waals surface area contributed by atoms with Gasteiger partial charge < -0.3 is 0 Å². The zero-order valence-electron chi connectivity index (χ0n) is 4.20. The summed E-state index contributed by atoms with van der Waals surface area (Å²) >= 11 is 0. The average Bonchev–Trinajstić information content (AvgIpc) is 1.72. The van der Waals surface area contributed by atoms with Gasteiger partial charge in [0, 0.05) is 6.20 Å². The molecule has 1 aliphatic rings. The lowest BCUT2D eigenvalue weighted by atomic mass is 10.4. The Bertz CT molecular complexity index is 281. The van der Waals surface area contributed by atoms with Gasteiger partial charge in [-0.15, -0.1) is 0 Å². The summed E-state index contributed by atoms with van der Waals surface area (Å²) in [5, 5.41) is 2.01. The number of pyridine rings is 1. The fourth-order valence-corrected chi connectivity index (χ4v) is 0.682. The molecule has 0 saturated heterocycles. The second-order valence-corrected chi connectivity index (χ2v) is 1.67. The van der Waals surface area contributed by atoms with E-state index in [0.717, 1.165) is 10.7 Å². The van der Waals surface area contributed by atoms with Gasteiger partial charge in [-0.25, -0.2) is 0 Å². The van der Waals surface area contributed by atoms with Gasteiger partial charge in [0.2, 0.25) is 0 Å². The van der Waals surface area contributed by atoms with Gasteiger partial charge >= 0.3 is 0 Å². The van der Waals surface area contributed by atoms with Crippen molar-refractivity contribution in [2.75, 3.05) is 0 Å². The lowest BCUT2D eigenvalue weighted by Crippen LogP contribution is -2.32. The largest absolute Gasteiger partial charge is 0.253 e. The quantitative estimate of drug-likeness (QED) is 0.433. The van der Waals surface area contributed by atoms with Crippen LogP contribution in [0.15, 0.2) is 23.3 Å². The molecule has 2 heteroatoms. The minimum Gasteiger partial charge on any atom is -0.253 e. The Morgan fingerprint density at radius 1 is 1.38 bits per heavy atom. The predicted octanol–water partition coefficient (Wildman–Crippen LogP) is -0.547. The van der Waals surface area contributed by atoms with Crippen molar-refractivity contribution in [1.82, 2.24) is 4.98 Å². The minimum atomic E-state index is 1.01. The summed E-state index contributed by atoms with van der Waals surface area (Å²) in [4.78, 5) is 7.96. The summed E-state index contributed by atoms with van der Waals surface area (Å²) in [6, 6.07) is 3.83. The fraction of sp³-hybridized carbons (Fsp3) is 0. The highest BCUT2D eigenvalue weighted by Crippen LogP contribution is 1.74. The van der Waals surface area contributed by atoms with Gasteiger partial charge in [0.25, 0.3) is 0 Å². The monoisotopic (exact) mass is 104 g/mol. The molecule has 0 fully saturated rings. The predicted molar refractivity (Wildman–Crippen MR) is 29.5 cm³/mol. The maximum absolute atomic E-state index is 4.02. The molecule has 0 amide bonds. The van der Waals surface area contributed by atoms with Crippen LogP contribution in [0.1, 0.15) is 0 Å². The number of aromatic nitrogens is 1. The summed E-state index contributed by atoms with van der Waals surface area (Å²) in [5.74, 6) is 0. The van der Waals surface area contributed by atoms with E-state index in [1.165, 1.54) is 0 Å². The van der Waals surface area contributed by atoms with Crippen LogP contribution in [-0.4, -0.2) is 4.98 Å².